The summed E-state index contributed by atoms with van der Waals surface area (Å²) in [4.78, 5) is 10.8. The molecule has 0 radical (unpaired) electrons. The summed E-state index contributed by atoms with van der Waals surface area (Å²) in [5.41, 5.74) is 1.24. The van der Waals surface area contributed by atoms with Crippen LogP contribution in [0.5, 0.6) is 0 Å². The summed E-state index contributed by atoms with van der Waals surface area (Å²) in [5, 5.41) is 0. The van der Waals surface area contributed by atoms with Gasteiger partial charge in [0.25, 0.3) is 0 Å². The monoisotopic (exact) mass is 344 g/mol. The Labute approximate surface area is 155 Å². The molecule has 0 aliphatic heterocycles. The zero-order valence-corrected chi connectivity index (χ0v) is 16.9. The van der Waals surface area contributed by atoms with Crippen LogP contribution in [0.1, 0.15) is 97.8 Å². The molecule has 0 heterocycles. The first kappa shape index (κ1) is 18.1. The molecule has 8 atom stereocenters. The fraction of sp³-hybridized carbons (Fsp3) is 0.958. The Hall–Kier alpha value is -0.330. The van der Waals surface area contributed by atoms with Gasteiger partial charge in [0.1, 0.15) is 6.29 Å². The van der Waals surface area contributed by atoms with Crippen molar-refractivity contribution in [1.29, 1.82) is 0 Å². The van der Waals surface area contributed by atoms with E-state index in [0.29, 0.717) is 10.8 Å². The first-order valence-electron chi connectivity index (χ1n) is 11.4. The summed E-state index contributed by atoms with van der Waals surface area (Å²) in [5.74, 6) is 5.66. The predicted molar refractivity (Wildman–Crippen MR) is 104 cm³/mol. The van der Waals surface area contributed by atoms with E-state index in [2.05, 4.69) is 20.8 Å². The highest BCUT2D eigenvalue weighted by molar-refractivity contribution is 5.49. The molecule has 1 nitrogen and oxygen atoms in total. The van der Waals surface area contributed by atoms with Crippen molar-refractivity contribution in [3.05, 3.63) is 0 Å². The van der Waals surface area contributed by atoms with E-state index in [1.807, 2.05) is 0 Å². The Morgan fingerprint density at radius 1 is 0.920 bits per heavy atom. The summed E-state index contributed by atoms with van der Waals surface area (Å²) in [6.07, 6.45) is 18.0. The largest absolute Gasteiger partial charge is 0.303 e. The van der Waals surface area contributed by atoms with Crippen LogP contribution in [-0.4, -0.2) is 6.29 Å². The first-order valence-corrected chi connectivity index (χ1v) is 11.4. The molecule has 0 aromatic rings. The first-order chi connectivity index (χ1) is 12.0. The maximum Gasteiger partial charge on any atom is 0.120 e. The van der Waals surface area contributed by atoms with Crippen molar-refractivity contribution in [3.63, 3.8) is 0 Å². The van der Waals surface area contributed by atoms with Gasteiger partial charge in [-0.2, -0.15) is 0 Å². The lowest BCUT2D eigenvalue weighted by Crippen LogP contribution is -2.53. The standard InChI is InChI=1S/C24H40O/c1-17(7-6-16-25)20-11-12-21-19-10-9-18-8-4-5-14-23(18,2)22(19)13-15-24(20,21)3/h16-22H,4-15H2,1-3H3/t17-,18+,19+,20?,21+,22+,23+,24-/m1/s1. The molecular weight excluding hydrogens is 304 g/mol. The number of hydrogen-bond donors (Lipinski definition) is 0. The fourth-order valence-electron chi connectivity index (χ4n) is 8.80. The van der Waals surface area contributed by atoms with Gasteiger partial charge in [-0.3, -0.25) is 0 Å². The zero-order valence-electron chi connectivity index (χ0n) is 16.9. The molecule has 0 saturated heterocycles. The topological polar surface area (TPSA) is 17.1 Å². The van der Waals surface area contributed by atoms with Crippen molar-refractivity contribution in [2.24, 2.45) is 46.3 Å². The Morgan fingerprint density at radius 3 is 2.52 bits per heavy atom. The molecule has 4 saturated carbocycles. The molecule has 4 fully saturated rings. The van der Waals surface area contributed by atoms with Gasteiger partial charge >= 0.3 is 0 Å². The van der Waals surface area contributed by atoms with E-state index in [0.717, 1.165) is 54.6 Å². The average Bonchev–Trinajstić information content (AvgIpc) is 2.96. The second kappa shape index (κ2) is 6.68. The van der Waals surface area contributed by atoms with Crippen molar-refractivity contribution >= 4 is 6.29 Å². The molecular formula is C24H40O. The van der Waals surface area contributed by atoms with Gasteiger partial charge in [-0.05, 0) is 104 Å². The molecule has 0 spiro atoms. The fourth-order valence-corrected chi connectivity index (χ4v) is 8.80. The minimum absolute atomic E-state index is 0.571. The second-order valence-electron chi connectivity index (χ2n) is 10.9. The van der Waals surface area contributed by atoms with Crippen LogP contribution < -0.4 is 0 Å². The van der Waals surface area contributed by atoms with Gasteiger partial charge in [-0.15, -0.1) is 0 Å². The quantitative estimate of drug-likeness (QED) is 0.522. The minimum Gasteiger partial charge on any atom is -0.303 e. The third kappa shape index (κ3) is 2.74. The molecule has 1 unspecified atom stereocenters. The number of hydrogen-bond acceptors (Lipinski definition) is 1. The number of rotatable bonds is 4. The van der Waals surface area contributed by atoms with Crippen molar-refractivity contribution < 1.29 is 4.79 Å². The number of carbonyl (C=O) groups is 1. The molecule has 0 amide bonds. The van der Waals surface area contributed by atoms with E-state index >= 15 is 0 Å². The van der Waals surface area contributed by atoms with Crippen molar-refractivity contribution in [2.45, 2.75) is 97.8 Å². The highest BCUT2D eigenvalue weighted by Gasteiger charge is 2.59. The molecule has 4 aliphatic rings. The Morgan fingerprint density at radius 2 is 1.72 bits per heavy atom. The molecule has 4 rings (SSSR count). The molecule has 1 heteroatoms. The molecule has 142 valence electrons. The van der Waals surface area contributed by atoms with Gasteiger partial charge < -0.3 is 4.79 Å². The lowest BCUT2D eigenvalue weighted by atomic mass is 9.44. The minimum atomic E-state index is 0.571. The van der Waals surface area contributed by atoms with Crippen LogP contribution in [0, 0.1) is 46.3 Å². The highest BCUT2D eigenvalue weighted by Crippen LogP contribution is 2.68. The van der Waals surface area contributed by atoms with E-state index in [1.165, 1.54) is 64.2 Å². The Balaban J connectivity index is 1.54. The smallest absolute Gasteiger partial charge is 0.120 e. The van der Waals surface area contributed by atoms with Crippen LogP contribution in [-0.2, 0) is 4.79 Å². The number of aldehydes is 1. The van der Waals surface area contributed by atoms with Crippen molar-refractivity contribution in [2.75, 3.05) is 0 Å². The van der Waals surface area contributed by atoms with Gasteiger partial charge in [0.15, 0.2) is 0 Å². The third-order valence-corrected chi connectivity index (χ3v) is 10.1. The van der Waals surface area contributed by atoms with Crippen LogP contribution in [0.15, 0.2) is 0 Å². The molecule has 4 aliphatic carbocycles. The Kier molecular flexibility index (Phi) is 4.82. The van der Waals surface area contributed by atoms with Gasteiger partial charge in [-0.1, -0.05) is 33.6 Å². The maximum atomic E-state index is 10.8. The van der Waals surface area contributed by atoms with E-state index in [4.69, 9.17) is 0 Å². The summed E-state index contributed by atoms with van der Waals surface area (Å²) < 4.78 is 0. The average molecular weight is 345 g/mol. The zero-order chi connectivity index (χ0) is 17.7. The SMILES string of the molecule is C[C@H](CCC=O)C1CC[C@H]2[C@@H]3CC[C@@H]4CCCC[C@]4(C)[C@H]3CC[C@]12C. The lowest BCUT2D eigenvalue weighted by Gasteiger charge is -2.61. The van der Waals surface area contributed by atoms with E-state index < -0.39 is 0 Å². The van der Waals surface area contributed by atoms with Gasteiger partial charge in [0, 0.05) is 6.42 Å². The van der Waals surface area contributed by atoms with Gasteiger partial charge in [0.05, 0.1) is 0 Å². The number of carbonyl (C=O) groups excluding carboxylic acids is 1. The van der Waals surface area contributed by atoms with Gasteiger partial charge in [-0.25, -0.2) is 0 Å². The van der Waals surface area contributed by atoms with Crippen LogP contribution in [0.2, 0.25) is 0 Å². The van der Waals surface area contributed by atoms with Gasteiger partial charge in [0.2, 0.25) is 0 Å². The normalized spacial score (nSPS) is 50.4. The summed E-state index contributed by atoms with van der Waals surface area (Å²) >= 11 is 0. The van der Waals surface area contributed by atoms with Crippen LogP contribution in [0.3, 0.4) is 0 Å². The summed E-state index contributed by atoms with van der Waals surface area (Å²) in [6, 6.07) is 0. The lowest BCUT2D eigenvalue weighted by molar-refractivity contribution is -0.115. The number of fused-ring (bicyclic) bond motifs is 5. The summed E-state index contributed by atoms with van der Waals surface area (Å²) in [7, 11) is 0. The van der Waals surface area contributed by atoms with E-state index in [9.17, 15) is 4.79 Å². The molecule has 0 N–H and O–H groups in total. The van der Waals surface area contributed by atoms with Crippen molar-refractivity contribution in [3.8, 4) is 0 Å². The van der Waals surface area contributed by atoms with E-state index in [1.54, 1.807) is 0 Å². The third-order valence-electron chi connectivity index (χ3n) is 10.1. The summed E-state index contributed by atoms with van der Waals surface area (Å²) in [6.45, 7) is 7.78. The van der Waals surface area contributed by atoms with Crippen molar-refractivity contribution in [1.82, 2.24) is 0 Å². The Bertz CT molecular complexity index is 498. The molecule has 0 bridgehead atoms. The van der Waals surface area contributed by atoms with Crippen LogP contribution in [0.25, 0.3) is 0 Å². The maximum absolute atomic E-state index is 10.8. The molecule has 0 aromatic carbocycles. The highest BCUT2D eigenvalue weighted by atomic mass is 16.1. The molecule has 25 heavy (non-hydrogen) atoms. The molecule has 0 aromatic heterocycles. The second-order valence-corrected chi connectivity index (χ2v) is 10.9. The van der Waals surface area contributed by atoms with Crippen LogP contribution >= 0.6 is 0 Å². The predicted octanol–water partition coefficient (Wildman–Crippen LogP) is 6.65. The van der Waals surface area contributed by atoms with E-state index in [-0.39, 0.29) is 0 Å². The van der Waals surface area contributed by atoms with Crippen LogP contribution in [0.4, 0.5) is 0 Å².